The summed E-state index contributed by atoms with van der Waals surface area (Å²) in [6, 6.07) is 19.6. The zero-order valence-corrected chi connectivity index (χ0v) is 15.1. The van der Waals surface area contributed by atoms with E-state index >= 15 is 0 Å². The topological polar surface area (TPSA) is 53.3 Å². The summed E-state index contributed by atoms with van der Waals surface area (Å²) in [6.45, 7) is 3.02. The Morgan fingerprint density at radius 1 is 1.23 bits per heavy atom. The molecule has 134 valence electrons. The fraction of sp³-hybridized carbons (Fsp3) is 0.364. The second-order valence-corrected chi connectivity index (χ2v) is 6.65. The highest BCUT2D eigenvalue weighted by Gasteiger charge is 2.34. The molecule has 1 fully saturated rings. The first-order valence-corrected chi connectivity index (χ1v) is 9.20. The number of nitrogens with zero attached hydrogens (tertiary/aromatic N) is 2. The van der Waals surface area contributed by atoms with Gasteiger partial charge in [0.15, 0.2) is 6.61 Å². The Morgan fingerprint density at radius 3 is 2.62 bits per heavy atom. The van der Waals surface area contributed by atoms with Crippen LogP contribution in [0.1, 0.15) is 43.2 Å². The molecule has 4 heteroatoms. The largest absolute Gasteiger partial charge is 0.484 e. The summed E-state index contributed by atoms with van der Waals surface area (Å²) in [5, 5.41) is 8.84. The molecule has 0 aromatic heterocycles. The lowest BCUT2D eigenvalue weighted by Crippen LogP contribution is -2.41. The number of carbonyl (C=O) groups is 1. The van der Waals surface area contributed by atoms with E-state index in [4.69, 9.17) is 10.00 Å². The van der Waals surface area contributed by atoms with Gasteiger partial charge in [-0.15, -0.1) is 0 Å². The molecule has 1 aliphatic rings. The first-order chi connectivity index (χ1) is 12.7. The van der Waals surface area contributed by atoms with Crippen LogP contribution in [0.15, 0.2) is 54.6 Å². The maximum Gasteiger partial charge on any atom is 0.260 e. The lowest BCUT2D eigenvalue weighted by molar-refractivity contribution is -0.134. The van der Waals surface area contributed by atoms with Gasteiger partial charge in [-0.3, -0.25) is 4.79 Å². The first kappa shape index (κ1) is 18.0. The Hall–Kier alpha value is -2.80. The van der Waals surface area contributed by atoms with Crippen LogP contribution < -0.4 is 4.74 Å². The zero-order chi connectivity index (χ0) is 18.4. The number of rotatable bonds is 6. The zero-order valence-electron chi connectivity index (χ0n) is 15.1. The van der Waals surface area contributed by atoms with E-state index in [1.54, 1.807) is 24.3 Å². The van der Waals surface area contributed by atoms with Crippen LogP contribution in [0.5, 0.6) is 5.75 Å². The molecule has 4 nitrogen and oxygen atoms in total. The van der Waals surface area contributed by atoms with Crippen LogP contribution in [0, 0.1) is 11.3 Å². The quantitative estimate of drug-likeness (QED) is 0.789. The second kappa shape index (κ2) is 8.53. The van der Waals surface area contributed by atoms with Crippen molar-refractivity contribution in [2.45, 2.75) is 38.1 Å². The highest BCUT2D eigenvalue weighted by molar-refractivity contribution is 5.78. The fourth-order valence-electron chi connectivity index (χ4n) is 3.80. The van der Waals surface area contributed by atoms with Crippen molar-refractivity contribution in [3.05, 3.63) is 65.7 Å². The average molecular weight is 348 g/mol. The molecule has 1 saturated heterocycles. The minimum atomic E-state index is 0.0336. The number of nitriles is 1. The second-order valence-electron chi connectivity index (χ2n) is 6.65. The molecule has 26 heavy (non-hydrogen) atoms. The normalized spacial score (nSPS) is 17.5. The maximum absolute atomic E-state index is 12.8. The molecule has 0 N–H and O–H groups in total. The number of benzene rings is 2. The van der Waals surface area contributed by atoms with E-state index in [9.17, 15) is 4.79 Å². The van der Waals surface area contributed by atoms with Crippen LogP contribution in [0.25, 0.3) is 0 Å². The third-order valence-corrected chi connectivity index (χ3v) is 5.10. The van der Waals surface area contributed by atoms with Crippen LogP contribution >= 0.6 is 0 Å². The van der Waals surface area contributed by atoms with E-state index < -0.39 is 0 Å². The molecule has 1 amide bonds. The Morgan fingerprint density at radius 2 is 1.96 bits per heavy atom. The van der Waals surface area contributed by atoms with Gasteiger partial charge in [0, 0.05) is 18.5 Å². The molecule has 0 aliphatic carbocycles. The molecule has 0 bridgehead atoms. The number of carbonyl (C=O) groups excluding carboxylic acids is 1. The summed E-state index contributed by atoms with van der Waals surface area (Å²) < 4.78 is 5.65. The van der Waals surface area contributed by atoms with Crippen molar-refractivity contribution in [2.75, 3.05) is 13.2 Å². The summed E-state index contributed by atoms with van der Waals surface area (Å²) in [5.74, 6) is 1.01. The highest BCUT2D eigenvalue weighted by atomic mass is 16.5. The smallest absolute Gasteiger partial charge is 0.260 e. The molecule has 2 aromatic carbocycles. The fourth-order valence-corrected chi connectivity index (χ4v) is 3.80. The van der Waals surface area contributed by atoms with E-state index in [0.29, 0.717) is 17.2 Å². The van der Waals surface area contributed by atoms with Crippen molar-refractivity contribution in [2.24, 2.45) is 0 Å². The molecule has 0 radical (unpaired) electrons. The average Bonchev–Trinajstić information content (AvgIpc) is 3.17. The van der Waals surface area contributed by atoms with Crippen molar-refractivity contribution < 1.29 is 9.53 Å². The summed E-state index contributed by atoms with van der Waals surface area (Å²) in [7, 11) is 0. The van der Waals surface area contributed by atoms with E-state index in [1.165, 1.54) is 5.56 Å². The van der Waals surface area contributed by atoms with Crippen molar-refractivity contribution in [1.29, 1.82) is 5.26 Å². The number of hydrogen-bond donors (Lipinski definition) is 0. The summed E-state index contributed by atoms with van der Waals surface area (Å²) >= 11 is 0. The molecular weight excluding hydrogens is 324 g/mol. The van der Waals surface area contributed by atoms with Crippen LogP contribution in [-0.4, -0.2) is 30.0 Å². The minimum absolute atomic E-state index is 0.0336. The summed E-state index contributed by atoms with van der Waals surface area (Å²) in [6.07, 6.45) is 3.08. The molecular formula is C22H24N2O2. The third kappa shape index (κ3) is 4.05. The van der Waals surface area contributed by atoms with Gasteiger partial charge in [-0.1, -0.05) is 37.3 Å². The van der Waals surface area contributed by atoms with Gasteiger partial charge in [0.1, 0.15) is 5.75 Å². The van der Waals surface area contributed by atoms with Crippen LogP contribution in [0.2, 0.25) is 0 Å². The highest BCUT2D eigenvalue weighted by Crippen LogP contribution is 2.33. The molecule has 2 aromatic rings. The van der Waals surface area contributed by atoms with Crippen molar-refractivity contribution in [3.8, 4) is 11.8 Å². The summed E-state index contributed by atoms with van der Waals surface area (Å²) in [5.41, 5.74) is 1.88. The van der Waals surface area contributed by atoms with Gasteiger partial charge in [0.2, 0.25) is 0 Å². The number of ether oxygens (including phenoxy) is 1. The van der Waals surface area contributed by atoms with Crippen molar-refractivity contribution in [3.63, 3.8) is 0 Å². The number of amides is 1. The van der Waals surface area contributed by atoms with E-state index in [0.717, 1.165) is 25.8 Å². The predicted molar refractivity (Wildman–Crippen MR) is 101 cm³/mol. The lowest BCUT2D eigenvalue weighted by Gasteiger charge is -2.31. The van der Waals surface area contributed by atoms with Crippen LogP contribution in [0.3, 0.4) is 0 Å². The van der Waals surface area contributed by atoms with E-state index in [1.807, 2.05) is 11.0 Å². The van der Waals surface area contributed by atoms with Crippen molar-refractivity contribution >= 4 is 5.91 Å². The molecule has 3 rings (SSSR count). The predicted octanol–water partition coefficient (Wildman–Crippen LogP) is 4.12. The lowest BCUT2D eigenvalue weighted by atomic mass is 9.87. The SMILES string of the molecule is CCC(c1ccccc1)C1CCCN1C(=O)COc1ccc(C#N)cc1. The molecule has 1 aliphatic heterocycles. The molecule has 2 atom stereocenters. The number of hydrogen-bond acceptors (Lipinski definition) is 3. The van der Waals surface area contributed by atoms with E-state index in [-0.39, 0.29) is 18.6 Å². The maximum atomic E-state index is 12.8. The van der Waals surface area contributed by atoms with Gasteiger partial charge in [-0.2, -0.15) is 5.26 Å². The minimum Gasteiger partial charge on any atom is -0.484 e. The van der Waals surface area contributed by atoms with E-state index in [2.05, 4.69) is 37.3 Å². The van der Waals surface area contributed by atoms with Gasteiger partial charge in [0.25, 0.3) is 5.91 Å². The molecule has 1 heterocycles. The molecule has 0 spiro atoms. The standard InChI is InChI=1S/C22H24N2O2/c1-2-20(18-7-4-3-5-8-18)21-9-6-14-24(21)22(25)16-26-19-12-10-17(15-23)11-13-19/h3-5,7-8,10-13,20-21H,2,6,9,14,16H2,1H3. The van der Waals surface area contributed by atoms with Gasteiger partial charge in [-0.05, 0) is 49.1 Å². The van der Waals surface area contributed by atoms with Crippen molar-refractivity contribution in [1.82, 2.24) is 4.90 Å². The van der Waals surface area contributed by atoms with Gasteiger partial charge in [0.05, 0.1) is 11.6 Å². The monoisotopic (exact) mass is 348 g/mol. The Kier molecular flexibility index (Phi) is 5.91. The Labute approximate surface area is 155 Å². The van der Waals surface area contributed by atoms with Gasteiger partial charge < -0.3 is 9.64 Å². The van der Waals surface area contributed by atoms with Gasteiger partial charge in [-0.25, -0.2) is 0 Å². The first-order valence-electron chi connectivity index (χ1n) is 9.20. The summed E-state index contributed by atoms with van der Waals surface area (Å²) in [4.78, 5) is 14.7. The third-order valence-electron chi connectivity index (χ3n) is 5.10. The van der Waals surface area contributed by atoms with Gasteiger partial charge >= 0.3 is 0 Å². The Balaban J connectivity index is 1.65. The van der Waals surface area contributed by atoms with Crippen LogP contribution in [0.4, 0.5) is 0 Å². The number of likely N-dealkylation sites (tertiary alicyclic amines) is 1. The molecule has 2 unspecified atom stereocenters. The Bertz CT molecular complexity index is 765. The molecule has 0 saturated carbocycles. The van der Waals surface area contributed by atoms with Crippen LogP contribution in [-0.2, 0) is 4.79 Å².